The highest BCUT2D eigenvalue weighted by Gasteiger charge is 2.00. The second-order valence-corrected chi connectivity index (χ2v) is 2.97. The summed E-state index contributed by atoms with van der Waals surface area (Å²) in [6.07, 6.45) is 8.44. The Labute approximate surface area is 80.8 Å². The van der Waals surface area contributed by atoms with Crippen molar-refractivity contribution >= 4 is 5.78 Å². The third kappa shape index (κ3) is 6.09. The summed E-state index contributed by atoms with van der Waals surface area (Å²) in [4.78, 5) is 11.2. The van der Waals surface area contributed by atoms with Gasteiger partial charge in [0.05, 0.1) is 0 Å². The van der Waals surface area contributed by atoms with E-state index in [1.807, 2.05) is 13.0 Å². The third-order valence-corrected chi connectivity index (χ3v) is 1.82. The summed E-state index contributed by atoms with van der Waals surface area (Å²) in [6, 6.07) is 0. The molecule has 0 radical (unpaired) electrons. The maximum atomic E-state index is 11.2. The van der Waals surface area contributed by atoms with Gasteiger partial charge in [-0.3, -0.25) is 4.79 Å². The van der Waals surface area contributed by atoms with Crippen LogP contribution in [-0.2, 0) is 4.79 Å². The zero-order chi connectivity index (χ0) is 10.1. The maximum Gasteiger partial charge on any atom is 0.133 e. The fourth-order valence-corrected chi connectivity index (χ4v) is 1.09. The number of hydrogen-bond donors (Lipinski definition) is 0. The number of ketones is 1. The Morgan fingerprint density at radius 3 is 2.38 bits per heavy atom. The molecule has 0 unspecified atom stereocenters. The van der Waals surface area contributed by atoms with E-state index < -0.39 is 0 Å². The lowest BCUT2D eigenvalue weighted by Crippen LogP contribution is -1.96. The summed E-state index contributed by atoms with van der Waals surface area (Å²) in [5, 5.41) is 0. The Kier molecular flexibility index (Phi) is 6.89. The van der Waals surface area contributed by atoms with Crippen molar-refractivity contribution in [2.45, 2.75) is 32.6 Å². The molecule has 0 aromatic heterocycles. The molecule has 0 aliphatic rings. The Balaban J connectivity index is 3.85. The number of rotatable bonds is 7. The van der Waals surface area contributed by atoms with Gasteiger partial charge in [0.2, 0.25) is 0 Å². The largest absolute Gasteiger partial charge is 0.300 e. The molecule has 0 fully saturated rings. The molecular weight excluding hydrogens is 160 g/mol. The predicted molar refractivity (Wildman–Crippen MR) is 57.6 cm³/mol. The molecule has 0 spiro atoms. The summed E-state index contributed by atoms with van der Waals surface area (Å²) < 4.78 is 0. The van der Waals surface area contributed by atoms with E-state index in [1.54, 1.807) is 12.2 Å². The molecular formula is C12H18O. The van der Waals surface area contributed by atoms with Crippen molar-refractivity contribution in [2.24, 2.45) is 0 Å². The fraction of sp³-hybridized carbons (Fsp3) is 0.417. The van der Waals surface area contributed by atoms with Gasteiger partial charge in [-0.2, -0.15) is 0 Å². The minimum absolute atomic E-state index is 0.333. The highest BCUT2D eigenvalue weighted by Crippen LogP contribution is 2.08. The first-order valence-electron chi connectivity index (χ1n) is 4.70. The molecule has 1 heteroatoms. The van der Waals surface area contributed by atoms with Gasteiger partial charge in [0.15, 0.2) is 0 Å². The Morgan fingerprint density at radius 1 is 1.23 bits per heavy atom. The molecule has 0 rings (SSSR count). The lowest BCUT2D eigenvalue weighted by molar-refractivity contribution is -0.119. The zero-order valence-electron chi connectivity index (χ0n) is 8.38. The van der Waals surface area contributed by atoms with Gasteiger partial charge in [0.1, 0.15) is 5.78 Å². The first-order valence-corrected chi connectivity index (χ1v) is 4.70. The van der Waals surface area contributed by atoms with Gasteiger partial charge in [0, 0.05) is 12.8 Å². The van der Waals surface area contributed by atoms with Gasteiger partial charge in [-0.05, 0) is 18.4 Å². The molecule has 0 aliphatic carbocycles. The van der Waals surface area contributed by atoms with Crippen LogP contribution in [-0.4, -0.2) is 5.78 Å². The van der Waals surface area contributed by atoms with Gasteiger partial charge < -0.3 is 0 Å². The summed E-state index contributed by atoms with van der Waals surface area (Å²) in [5.74, 6) is 0.333. The number of carbonyl (C=O) groups is 1. The van der Waals surface area contributed by atoms with E-state index in [4.69, 9.17) is 0 Å². The summed E-state index contributed by atoms with van der Waals surface area (Å²) in [6.45, 7) is 9.30. The Morgan fingerprint density at radius 2 is 1.92 bits per heavy atom. The van der Waals surface area contributed by atoms with Crippen molar-refractivity contribution in [2.75, 3.05) is 0 Å². The topological polar surface area (TPSA) is 17.1 Å². The van der Waals surface area contributed by atoms with E-state index in [2.05, 4.69) is 13.2 Å². The minimum Gasteiger partial charge on any atom is -0.300 e. The van der Waals surface area contributed by atoms with Crippen LogP contribution in [0.15, 0.2) is 37.0 Å². The number of Topliss-reactive ketones (excluding diaryl/α,β-unsaturated/α-hetero) is 1. The first kappa shape index (κ1) is 11.9. The minimum atomic E-state index is 0.333. The lowest BCUT2D eigenvalue weighted by Gasteiger charge is -1.99. The normalized spacial score (nSPS) is 11.0. The van der Waals surface area contributed by atoms with Crippen LogP contribution >= 0.6 is 0 Å². The van der Waals surface area contributed by atoms with E-state index in [1.165, 1.54) is 0 Å². The number of hydrogen-bond acceptors (Lipinski definition) is 1. The van der Waals surface area contributed by atoms with Gasteiger partial charge >= 0.3 is 0 Å². The molecule has 0 saturated carbocycles. The smallest absolute Gasteiger partial charge is 0.133 e. The van der Waals surface area contributed by atoms with Crippen molar-refractivity contribution < 1.29 is 4.79 Å². The number of allylic oxidation sites excluding steroid dienone is 4. The molecule has 0 bridgehead atoms. The van der Waals surface area contributed by atoms with Gasteiger partial charge in [-0.1, -0.05) is 38.3 Å². The Bertz CT molecular complexity index is 211. The van der Waals surface area contributed by atoms with Gasteiger partial charge in [0.25, 0.3) is 0 Å². The van der Waals surface area contributed by atoms with Crippen LogP contribution in [0.25, 0.3) is 0 Å². The van der Waals surface area contributed by atoms with Crippen LogP contribution in [0.4, 0.5) is 0 Å². The SMILES string of the molecule is C=C/C=C(\C=C)CCC(=O)CCC. The molecule has 0 aromatic carbocycles. The van der Waals surface area contributed by atoms with Crippen molar-refractivity contribution in [3.63, 3.8) is 0 Å². The molecule has 0 amide bonds. The second kappa shape index (κ2) is 7.53. The van der Waals surface area contributed by atoms with Gasteiger partial charge in [-0.25, -0.2) is 0 Å². The molecule has 0 aromatic rings. The van der Waals surface area contributed by atoms with Crippen molar-refractivity contribution in [3.8, 4) is 0 Å². The van der Waals surface area contributed by atoms with Crippen molar-refractivity contribution in [1.82, 2.24) is 0 Å². The highest BCUT2D eigenvalue weighted by molar-refractivity contribution is 5.78. The zero-order valence-corrected chi connectivity index (χ0v) is 8.38. The molecule has 0 N–H and O–H groups in total. The predicted octanol–water partition coefficient (Wildman–Crippen LogP) is 3.43. The van der Waals surface area contributed by atoms with Gasteiger partial charge in [-0.15, -0.1) is 0 Å². The molecule has 0 aliphatic heterocycles. The number of carbonyl (C=O) groups excluding carboxylic acids is 1. The van der Waals surface area contributed by atoms with E-state index >= 15 is 0 Å². The third-order valence-electron chi connectivity index (χ3n) is 1.82. The Hall–Kier alpha value is -1.11. The van der Waals surface area contributed by atoms with Crippen LogP contribution in [0, 0.1) is 0 Å². The lowest BCUT2D eigenvalue weighted by atomic mass is 10.1. The maximum absolute atomic E-state index is 11.2. The van der Waals surface area contributed by atoms with E-state index in [0.29, 0.717) is 18.6 Å². The fourth-order valence-electron chi connectivity index (χ4n) is 1.09. The van der Waals surface area contributed by atoms with Crippen LogP contribution in [0.2, 0.25) is 0 Å². The average molecular weight is 178 g/mol. The molecule has 1 nitrogen and oxygen atoms in total. The van der Waals surface area contributed by atoms with Crippen molar-refractivity contribution in [1.29, 1.82) is 0 Å². The van der Waals surface area contributed by atoms with E-state index in [9.17, 15) is 4.79 Å². The second-order valence-electron chi connectivity index (χ2n) is 2.97. The summed E-state index contributed by atoms with van der Waals surface area (Å²) in [5.41, 5.74) is 1.08. The van der Waals surface area contributed by atoms with Crippen LogP contribution in [0.3, 0.4) is 0 Å². The van der Waals surface area contributed by atoms with Crippen LogP contribution in [0.5, 0.6) is 0 Å². The van der Waals surface area contributed by atoms with Crippen LogP contribution in [0.1, 0.15) is 32.6 Å². The molecule has 0 saturated heterocycles. The highest BCUT2D eigenvalue weighted by atomic mass is 16.1. The van der Waals surface area contributed by atoms with E-state index in [-0.39, 0.29) is 0 Å². The first-order chi connectivity index (χ1) is 6.24. The molecule has 0 atom stereocenters. The quantitative estimate of drug-likeness (QED) is 0.546. The van der Waals surface area contributed by atoms with E-state index in [0.717, 1.165) is 18.4 Å². The summed E-state index contributed by atoms with van der Waals surface area (Å²) in [7, 11) is 0. The standard InChI is InChI=1S/C12H18O/c1-4-7-11(6-3)9-10-12(13)8-5-2/h4,6-7H,1,3,5,8-10H2,2H3/b11-7+. The molecule has 72 valence electrons. The molecule has 0 heterocycles. The monoisotopic (exact) mass is 178 g/mol. The van der Waals surface area contributed by atoms with Crippen molar-refractivity contribution in [3.05, 3.63) is 37.0 Å². The van der Waals surface area contributed by atoms with Crippen LogP contribution < -0.4 is 0 Å². The average Bonchev–Trinajstić information content (AvgIpc) is 2.12. The molecule has 13 heavy (non-hydrogen) atoms. The summed E-state index contributed by atoms with van der Waals surface area (Å²) >= 11 is 0.